The Kier molecular flexibility index (Phi) is 4.71. The number of halogens is 2. The monoisotopic (exact) mass is 386 g/mol. The second-order valence-corrected chi connectivity index (χ2v) is 5.76. The molecular weight excluding hydrogens is 376 g/mol. The minimum Gasteiger partial charge on any atom is -0.311 e. The first-order valence-corrected chi connectivity index (χ1v) is 7.24. The Morgan fingerprint density at radius 1 is 1.42 bits per heavy atom. The van der Waals surface area contributed by atoms with Gasteiger partial charge in [0.15, 0.2) is 0 Å². The Labute approximate surface area is 127 Å². The minimum atomic E-state index is -0.0842. The molecule has 0 unspecified atom stereocenters. The maximum absolute atomic E-state index is 11.7. The molecule has 2 heterocycles. The highest BCUT2D eigenvalue weighted by atomic mass is 79.9. The molecule has 0 aliphatic carbocycles. The number of hydrogen-bond acceptors (Lipinski definition) is 3. The number of carbonyl (C=O) groups excluding carboxylic acids is 1. The van der Waals surface area contributed by atoms with Crippen LogP contribution in [0, 0.1) is 6.92 Å². The van der Waals surface area contributed by atoms with Gasteiger partial charge in [-0.15, -0.1) is 0 Å². The average molecular weight is 388 g/mol. The van der Waals surface area contributed by atoms with Crippen LogP contribution in [0.2, 0.25) is 0 Å². The number of nitrogens with zero attached hydrogens (tertiary/aromatic N) is 3. The van der Waals surface area contributed by atoms with Gasteiger partial charge in [0, 0.05) is 29.8 Å². The number of amides is 1. The fourth-order valence-corrected chi connectivity index (χ4v) is 2.03. The van der Waals surface area contributed by atoms with E-state index < -0.39 is 0 Å². The van der Waals surface area contributed by atoms with Crippen LogP contribution in [-0.4, -0.2) is 20.7 Å². The maximum Gasteiger partial charge on any atom is 0.227 e. The zero-order valence-electron chi connectivity index (χ0n) is 10.2. The van der Waals surface area contributed by atoms with E-state index in [1.54, 1.807) is 16.9 Å². The molecule has 2 aromatic rings. The van der Waals surface area contributed by atoms with Crippen molar-refractivity contribution in [3.63, 3.8) is 0 Å². The molecule has 2 aromatic heterocycles. The van der Waals surface area contributed by atoms with Crippen LogP contribution in [0.5, 0.6) is 0 Å². The predicted molar refractivity (Wildman–Crippen MR) is 79.8 cm³/mol. The molecule has 0 fully saturated rings. The summed E-state index contributed by atoms with van der Waals surface area (Å²) in [5.74, 6) is 0.463. The van der Waals surface area contributed by atoms with Gasteiger partial charge in [0.25, 0.3) is 0 Å². The smallest absolute Gasteiger partial charge is 0.227 e. The first-order valence-electron chi connectivity index (χ1n) is 5.65. The van der Waals surface area contributed by atoms with E-state index in [9.17, 15) is 4.79 Å². The highest BCUT2D eigenvalue weighted by molar-refractivity contribution is 9.10. The molecule has 2 rings (SSSR count). The van der Waals surface area contributed by atoms with E-state index in [0.717, 1.165) is 14.6 Å². The molecule has 0 radical (unpaired) electrons. The SMILES string of the molecule is Cc1nn(CCC(=O)Nc2ccc(Br)cn2)cc1Br. The molecule has 0 atom stereocenters. The van der Waals surface area contributed by atoms with Gasteiger partial charge in [0.05, 0.1) is 10.2 Å². The normalized spacial score (nSPS) is 10.5. The number of pyridine rings is 1. The summed E-state index contributed by atoms with van der Waals surface area (Å²) in [4.78, 5) is 15.8. The summed E-state index contributed by atoms with van der Waals surface area (Å²) in [6.07, 6.45) is 3.86. The minimum absolute atomic E-state index is 0.0842. The third-order valence-electron chi connectivity index (χ3n) is 2.45. The number of nitrogens with one attached hydrogen (secondary N) is 1. The Morgan fingerprint density at radius 2 is 2.21 bits per heavy atom. The predicted octanol–water partition coefficient (Wildman–Crippen LogP) is 3.14. The number of anilines is 1. The van der Waals surface area contributed by atoms with E-state index in [-0.39, 0.29) is 5.91 Å². The van der Waals surface area contributed by atoms with Gasteiger partial charge in [-0.2, -0.15) is 5.10 Å². The molecule has 19 heavy (non-hydrogen) atoms. The van der Waals surface area contributed by atoms with Gasteiger partial charge in [0.2, 0.25) is 5.91 Å². The largest absolute Gasteiger partial charge is 0.311 e. The molecule has 0 saturated heterocycles. The highest BCUT2D eigenvalue weighted by Crippen LogP contribution is 2.14. The van der Waals surface area contributed by atoms with Crippen LogP contribution in [-0.2, 0) is 11.3 Å². The molecule has 7 heteroatoms. The van der Waals surface area contributed by atoms with Gasteiger partial charge < -0.3 is 5.32 Å². The molecule has 100 valence electrons. The van der Waals surface area contributed by atoms with Gasteiger partial charge in [0.1, 0.15) is 5.82 Å². The van der Waals surface area contributed by atoms with Crippen molar-refractivity contribution >= 4 is 43.6 Å². The van der Waals surface area contributed by atoms with Crippen LogP contribution in [0.15, 0.2) is 33.5 Å². The second kappa shape index (κ2) is 6.29. The lowest BCUT2D eigenvalue weighted by molar-refractivity contribution is -0.116. The Hall–Kier alpha value is -1.21. The van der Waals surface area contributed by atoms with Crippen LogP contribution in [0.3, 0.4) is 0 Å². The van der Waals surface area contributed by atoms with Gasteiger partial charge in [-0.1, -0.05) is 0 Å². The topological polar surface area (TPSA) is 59.8 Å². The van der Waals surface area contributed by atoms with E-state index >= 15 is 0 Å². The maximum atomic E-state index is 11.7. The van der Waals surface area contributed by atoms with Gasteiger partial charge in [-0.3, -0.25) is 9.48 Å². The molecular formula is C12H12Br2N4O. The molecule has 1 amide bonds. The van der Waals surface area contributed by atoms with Crippen LogP contribution in [0.4, 0.5) is 5.82 Å². The summed E-state index contributed by atoms with van der Waals surface area (Å²) in [6.45, 7) is 2.45. The number of aryl methyl sites for hydroxylation is 2. The first kappa shape index (κ1) is 14.2. The summed E-state index contributed by atoms with van der Waals surface area (Å²) < 4.78 is 3.57. The van der Waals surface area contributed by atoms with Crippen molar-refractivity contribution in [3.05, 3.63) is 39.2 Å². The van der Waals surface area contributed by atoms with Crippen molar-refractivity contribution in [2.45, 2.75) is 19.9 Å². The first-order chi connectivity index (χ1) is 9.04. The fraction of sp³-hybridized carbons (Fsp3) is 0.250. The quantitative estimate of drug-likeness (QED) is 0.876. The third kappa shape index (κ3) is 4.14. The van der Waals surface area contributed by atoms with Crippen molar-refractivity contribution in [1.29, 1.82) is 0 Å². The lowest BCUT2D eigenvalue weighted by Gasteiger charge is -2.04. The number of rotatable bonds is 4. The zero-order valence-corrected chi connectivity index (χ0v) is 13.4. The van der Waals surface area contributed by atoms with Crippen molar-refractivity contribution in [1.82, 2.24) is 14.8 Å². The summed E-state index contributed by atoms with van der Waals surface area (Å²) in [6, 6.07) is 3.58. The second-order valence-electron chi connectivity index (χ2n) is 3.99. The Morgan fingerprint density at radius 3 is 2.79 bits per heavy atom. The summed E-state index contributed by atoms with van der Waals surface area (Å²) >= 11 is 6.68. The Bertz CT molecular complexity index is 560. The zero-order chi connectivity index (χ0) is 13.8. The fourth-order valence-electron chi connectivity index (χ4n) is 1.48. The van der Waals surface area contributed by atoms with E-state index in [1.807, 2.05) is 19.2 Å². The molecule has 0 saturated carbocycles. The van der Waals surface area contributed by atoms with Crippen LogP contribution < -0.4 is 5.32 Å². The lowest BCUT2D eigenvalue weighted by atomic mass is 10.4. The Balaban J connectivity index is 1.86. The van der Waals surface area contributed by atoms with Gasteiger partial charge >= 0.3 is 0 Å². The van der Waals surface area contributed by atoms with E-state index in [1.165, 1.54) is 0 Å². The van der Waals surface area contributed by atoms with Crippen molar-refractivity contribution in [3.8, 4) is 0 Å². The number of aromatic nitrogens is 3. The van der Waals surface area contributed by atoms with Crippen LogP contribution in [0.1, 0.15) is 12.1 Å². The third-order valence-corrected chi connectivity index (χ3v) is 3.70. The van der Waals surface area contributed by atoms with E-state index in [0.29, 0.717) is 18.8 Å². The molecule has 0 aliphatic rings. The lowest BCUT2D eigenvalue weighted by Crippen LogP contribution is -2.15. The molecule has 5 nitrogen and oxygen atoms in total. The van der Waals surface area contributed by atoms with Crippen molar-refractivity contribution in [2.24, 2.45) is 0 Å². The molecule has 0 aromatic carbocycles. The molecule has 0 spiro atoms. The summed E-state index contributed by atoms with van der Waals surface area (Å²) in [5, 5.41) is 7.01. The molecule has 0 bridgehead atoms. The number of hydrogen-bond donors (Lipinski definition) is 1. The van der Waals surface area contributed by atoms with E-state index in [2.05, 4.69) is 47.3 Å². The number of carbonyl (C=O) groups is 1. The highest BCUT2D eigenvalue weighted by Gasteiger charge is 2.06. The van der Waals surface area contributed by atoms with Crippen LogP contribution >= 0.6 is 31.9 Å². The van der Waals surface area contributed by atoms with Crippen LogP contribution in [0.25, 0.3) is 0 Å². The van der Waals surface area contributed by atoms with E-state index in [4.69, 9.17) is 0 Å². The molecule has 0 aliphatic heterocycles. The van der Waals surface area contributed by atoms with Gasteiger partial charge in [-0.25, -0.2) is 4.98 Å². The summed E-state index contributed by atoms with van der Waals surface area (Å²) in [5.41, 5.74) is 0.912. The van der Waals surface area contributed by atoms with Crippen molar-refractivity contribution < 1.29 is 4.79 Å². The summed E-state index contributed by atoms with van der Waals surface area (Å²) in [7, 11) is 0. The molecule has 1 N–H and O–H groups in total. The van der Waals surface area contributed by atoms with Gasteiger partial charge in [-0.05, 0) is 50.9 Å². The average Bonchev–Trinajstić information content (AvgIpc) is 2.69. The standard InChI is InChI=1S/C12H12Br2N4O/c1-8-10(14)7-18(17-8)5-4-12(19)16-11-3-2-9(13)6-15-11/h2-3,6-7H,4-5H2,1H3,(H,15,16,19). The van der Waals surface area contributed by atoms with Crippen molar-refractivity contribution in [2.75, 3.05) is 5.32 Å².